The van der Waals surface area contributed by atoms with Gasteiger partial charge in [-0.05, 0) is 50.3 Å². The molecule has 148 valence electrons. The Labute approximate surface area is 165 Å². The van der Waals surface area contributed by atoms with E-state index < -0.39 is 17.4 Å². The molecule has 0 saturated heterocycles. The fourth-order valence-corrected chi connectivity index (χ4v) is 3.43. The van der Waals surface area contributed by atoms with Gasteiger partial charge < -0.3 is 20.5 Å². The minimum atomic E-state index is -0.980. The lowest BCUT2D eigenvalue weighted by molar-refractivity contribution is -0.135. The molecule has 0 aliphatic carbocycles. The van der Waals surface area contributed by atoms with E-state index in [1.54, 1.807) is 24.4 Å². The van der Waals surface area contributed by atoms with E-state index in [1.165, 1.54) is 18.2 Å². The third-order valence-electron chi connectivity index (χ3n) is 4.76. The molecule has 0 bridgehead atoms. The predicted octanol–water partition coefficient (Wildman–Crippen LogP) is 3.27. The number of fused-ring (bicyclic) bond motifs is 1. The van der Waals surface area contributed by atoms with Gasteiger partial charge in [0.1, 0.15) is 29.5 Å². The van der Waals surface area contributed by atoms with Crippen LogP contribution in [0.1, 0.15) is 25.0 Å². The van der Waals surface area contributed by atoms with Crippen LogP contribution in [0.3, 0.4) is 0 Å². The average molecular weight is 395 g/mol. The molecule has 0 saturated carbocycles. The molecule has 0 unspecified atom stereocenters. The Morgan fingerprint density at radius 3 is 2.79 bits per heavy atom. The van der Waals surface area contributed by atoms with Crippen LogP contribution in [0.2, 0.25) is 0 Å². The first-order chi connectivity index (χ1) is 13.7. The summed E-state index contributed by atoms with van der Waals surface area (Å²) in [5.74, 6) is -0.966. The molecule has 29 heavy (non-hydrogen) atoms. The summed E-state index contributed by atoms with van der Waals surface area (Å²) in [6.45, 7) is 3.50. The van der Waals surface area contributed by atoms with E-state index in [0.29, 0.717) is 22.8 Å². The van der Waals surface area contributed by atoms with E-state index in [4.69, 9.17) is 9.84 Å². The Morgan fingerprint density at radius 2 is 2.10 bits per heavy atom. The fourth-order valence-electron chi connectivity index (χ4n) is 3.43. The number of hydrogen-bond acceptors (Lipinski definition) is 5. The van der Waals surface area contributed by atoms with Crippen LogP contribution >= 0.6 is 0 Å². The van der Waals surface area contributed by atoms with Gasteiger partial charge in [0.2, 0.25) is 0 Å². The van der Waals surface area contributed by atoms with Gasteiger partial charge in [-0.1, -0.05) is 0 Å². The van der Waals surface area contributed by atoms with E-state index in [1.807, 2.05) is 13.8 Å². The first-order valence-electron chi connectivity index (χ1n) is 8.93. The number of carbonyl (C=O) groups is 2. The number of nitrogens with zero attached hydrogens (tertiary/aromatic N) is 1. The maximum Gasteiger partial charge on any atom is 0.322 e. The monoisotopic (exact) mass is 395 g/mol. The van der Waals surface area contributed by atoms with Crippen molar-refractivity contribution in [1.82, 2.24) is 4.98 Å². The lowest BCUT2D eigenvalue weighted by Gasteiger charge is -2.23. The van der Waals surface area contributed by atoms with Gasteiger partial charge >= 0.3 is 5.97 Å². The van der Waals surface area contributed by atoms with Crippen molar-refractivity contribution >= 4 is 34.5 Å². The van der Waals surface area contributed by atoms with E-state index in [9.17, 15) is 14.0 Å². The third kappa shape index (κ3) is 3.44. The molecule has 2 aliphatic rings. The number of halogens is 1. The molecule has 4 rings (SSSR count). The highest BCUT2D eigenvalue weighted by atomic mass is 19.1. The van der Waals surface area contributed by atoms with Gasteiger partial charge in [-0.25, -0.2) is 9.37 Å². The second kappa shape index (κ2) is 6.73. The summed E-state index contributed by atoms with van der Waals surface area (Å²) in [7, 11) is 0. The maximum absolute atomic E-state index is 13.7. The largest absolute Gasteiger partial charge is 0.482 e. The molecular weight excluding hydrogens is 377 g/mol. The van der Waals surface area contributed by atoms with Crippen molar-refractivity contribution in [2.75, 3.05) is 17.2 Å². The van der Waals surface area contributed by atoms with Gasteiger partial charge in [0, 0.05) is 28.6 Å². The second-order valence-corrected chi connectivity index (χ2v) is 7.23. The average Bonchev–Trinajstić information content (AvgIpc) is 3.15. The second-order valence-electron chi connectivity index (χ2n) is 7.23. The van der Waals surface area contributed by atoms with Crippen LogP contribution in [-0.2, 0) is 14.3 Å². The highest BCUT2D eigenvalue weighted by molar-refractivity contribution is 6.32. The topological polar surface area (TPSA) is 101 Å². The van der Waals surface area contributed by atoms with Gasteiger partial charge in [-0.15, -0.1) is 0 Å². The number of carboxylic acid groups (broad SMARTS) is 1. The highest BCUT2D eigenvalue weighted by Crippen LogP contribution is 2.44. The number of ether oxygens (including phenoxy) is 1. The van der Waals surface area contributed by atoms with Gasteiger partial charge in [0.05, 0.1) is 5.57 Å². The molecule has 8 heteroatoms. The van der Waals surface area contributed by atoms with Crippen molar-refractivity contribution in [2.45, 2.75) is 19.4 Å². The first-order valence-corrected chi connectivity index (χ1v) is 8.93. The van der Waals surface area contributed by atoms with Crippen molar-refractivity contribution in [1.29, 1.82) is 0 Å². The van der Waals surface area contributed by atoms with Crippen molar-refractivity contribution in [2.24, 2.45) is 0 Å². The SMILES string of the molecule is CC1(C)O/C(=C2/C(=O)Nc3ccc(F)cc32)C=C1c1ccc(NCC(=O)O)nc1. The normalized spacial score (nSPS) is 19.3. The van der Waals surface area contributed by atoms with E-state index in [-0.39, 0.29) is 18.0 Å². The van der Waals surface area contributed by atoms with Crippen LogP contribution in [0.15, 0.2) is 48.4 Å². The number of carbonyl (C=O) groups excluding carboxylic acids is 1. The van der Waals surface area contributed by atoms with Gasteiger partial charge in [-0.2, -0.15) is 0 Å². The summed E-state index contributed by atoms with van der Waals surface area (Å²) in [4.78, 5) is 27.4. The number of benzene rings is 1. The Kier molecular flexibility index (Phi) is 4.34. The highest BCUT2D eigenvalue weighted by Gasteiger charge is 2.38. The summed E-state index contributed by atoms with van der Waals surface area (Å²) in [6, 6.07) is 7.59. The maximum atomic E-state index is 13.7. The first kappa shape index (κ1) is 18.7. The van der Waals surface area contributed by atoms with E-state index >= 15 is 0 Å². The molecule has 2 aliphatic heterocycles. The molecule has 7 nitrogen and oxygen atoms in total. The number of carboxylic acids is 1. The predicted molar refractivity (Wildman–Crippen MR) is 105 cm³/mol. The Bertz CT molecular complexity index is 1090. The number of pyridine rings is 1. The molecule has 0 atom stereocenters. The molecule has 3 N–H and O–H groups in total. The molecule has 1 amide bonds. The van der Waals surface area contributed by atoms with Crippen LogP contribution in [0.4, 0.5) is 15.9 Å². The molecule has 2 aromatic rings. The summed E-state index contributed by atoms with van der Waals surface area (Å²) < 4.78 is 19.8. The van der Waals surface area contributed by atoms with Crippen LogP contribution in [-0.4, -0.2) is 34.1 Å². The third-order valence-corrected chi connectivity index (χ3v) is 4.76. The number of amides is 1. The number of nitrogens with one attached hydrogen (secondary N) is 2. The Balaban J connectivity index is 1.72. The summed E-state index contributed by atoms with van der Waals surface area (Å²) in [5, 5.41) is 14.2. The minimum Gasteiger partial charge on any atom is -0.482 e. The Hall–Kier alpha value is -3.68. The molecule has 3 heterocycles. The zero-order chi connectivity index (χ0) is 20.8. The molecular formula is C21H18FN3O4. The zero-order valence-corrected chi connectivity index (χ0v) is 15.7. The number of aliphatic carboxylic acids is 1. The Morgan fingerprint density at radius 1 is 1.31 bits per heavy atom. The molecule has 0 spiro atoms. The molecule has 0 fully saturated rings. The van der Waals surface area contributed by atoms with E-state index in [0.717, 1.165) is 11.1 Å². The van der Waals surface area contributed by atoms with Gasteiger partial charge in [0.15, 0.2) is 0 Å². The summed E-state index contributed by atoms with van der Waals surface area (Å²) >= 11 is 0. The van der Waals surface area contributed by atoms with Gasteiger partial charge in [-0.3, -0.25) is 9.59 Å². The number of allylic oxidation sites excluding steroid dienone is 1. The zero-order valence-electron chi connectivity index (χ0n) is 15.7. The molecule has 0 radical (unpaired) electrons. The number of rotatable bonds is 4. The lowest BCUT2D eigenvalue weighted by atomic mass is 9.93. The minimum absolute atomic E-state index is 0.231. The number of hydrogen-bond donors (Lipinski definition) is 3. The van der Waals surface area contributed by atoms with Crippen molar-refractivity contribution in [3.05, 3.63) is 65.3 Å². The van der Waals surface area contributed by atoms with Crippen molar-refractivity contribution in [3.8, 4) is 0 Å². The van der Waals surface area contributed by atoms with Crippen LogP contribution < -0.4 is 10.6 Å². The fraction of sp³-hybridized carbons (Fsp3) is 0.190. The van der Waals surface area contributed by atoms with Gasteiger partial charge in [0.25, 0.3) is 5.91 Å². The summed E-state index contributed by atoms with van der Waals surface area (Å²) in [5.41, 5.74) is 2.12. The molecule has 1 aromatic carbocycles. The van der Waals surface area contributed by atoms with Crippen LogP contribution in [0, 0.1) is 5.82 Å². The smallest absolute Gasteiger partial charge is 0.322 e. The standard InChI is InChI=1S/C21H18FN3O4/c1-21(2)14(11-3-6-17(23-9-11)24-10-18(26)27)8-16(29-21)19-13-7-12(22)4-5-15(13)25-20(19)28/h3-9H,10H2,1-2H3,(H,23,24)(H,25,28)(H,26,27)/b19-16+. The van der Waals surface area contributed by atoms with Crippen molar-refractivity contribution in [3.63, 3.8) is 0 Å². The summed E-state index contributed by atoms with van der Waals surface area (Å²) in [6.07, 6.45) is 3.37. The van der Waals surface area contributed by atoms with Crippen LogP contribution in [0.25, 0.3) is 11.1 Å². The van der Waals surface area contributed by atoms with Crippen LogP contribution in [0.5, 0.6) is 0 Å². The number of aromatic nitrogens is 1. The lowest BCUT2D eigenvalue weighted by Crippen LogP contribution is -2.21. The number of anilines is 2. The van der Waals surface area contributed by atoms with E-state index in [2.05, 4.69) is 15.6 Å². The quantitative estimate of drug-likeness (QED) is 0.687. The molecule has 1 aromatic heterocycles. The van der Waals surface area contributed by atoms with Crippen molar-refractivity contribution < 1.29 is 23.8 Å².